The van der Waals surface area contributed by atoms with E-state index in [0.717, 1.165) is 0 Å². The number of nitrogens with two attached hydrogens (primary N) is 1. The minimum absolute atomic E-state index is 0.000368. The summed E-state index contributed by atoms with van der Waals surface area (Å²) in [4.78, 5) is 26.4. The number of halogens is 1. The number of aryl methyl sites for hydroxylation is 1. The number of amides is 1. The van der Waals surface area contributed by atoms with Crippen LogP contribution < -0.4 is 10.5 Å². The summed E-state index contributed by atoms with van der Waals surface area (Å²) in [6.45, 7) is 6.32. The van der Waals surface area contributed by atoms with Crippen molar-refractivity contribution in [1.29, 1.82) is 0 Å². The Bertz CT molecular complexity index is 792. The number of nitrogens with zero attached hydrogens (tertiary/aromatic N) is 1. The first-order valence-corrected chi connectivity index (χ1v) is 8.25. The molecule has 1 aromatic carbocycles. The fraction of sp³-hybridized carbons (Fsp3) is 0.474. The average molecular weight is 346 g/mol. The van der Waals surface area contributed by atoms with Gasteiger partial charge >= 0.3 is 0 Å². The van der Waals surface area contributed by atoms with Gasteiger partial charge in [0.1, 0.15) is 11.6 Å². The van der Waals surface area contributed by atoms with Crippen molar-refractivity contribution >= 4 is 11.7 Å². The molecule has 1 fully saturated rings. The first kappa shape index (κ1) is 17.5. The van der Waals surface area contributed by atoms with E-state index in [1.807, 2.05) is 13.8 Å². The van der Waals surface area contributed by atoms with Gasteiger partial charge in [-0.1, -0.05) is 13.8 Å². The van der Waals surface area contributed by atoms with Crippen LogP contribution >= 0.6 is 0 Å². The van der Waals surface area contributed by atoms with E-state index < -0.39 is 11.2 Å². The van der Waals surface area contributed by atoms with Gasteiger partial charge in [0.25, 0.3) is 5.91 Å². The standard InChI is InChI=1S/C19H23FN2O3/c1-11-5-13(20)12(6-15(11)25-4)17(24)22-9-19(10-22)7-14(21)16(23)18(2,3)8-19/h5-7H,8-10,21H2,1-4H3. The topological polar surface area (TPSA) is 72.6 Å². The number of ketones is 1. The summed E-state index contributed by atoms with van der Waals surface area (Å²) in [5, 5.41) is 0. The van der Waals surface area contributed by atoms with Crippen LogP contribution in [0.2, 0.25) is 0 Å². The maximum atomic E-state index is 14.2. The van der Waals surface area contributed by atoms with Crippen molar-refractivity contribution in [2.24, 2.45) is 16.6 Å². The van der Waals surface area contributed by atoms with Gasteiger partial charge in [-0.05, 0) is 37.1 Å². The van der Waals surface area contributed by atoms with E-state index >= 15 is 0 Å². The van der Waals surface area contributed by atoms with Crippen LogP contribution in [0.5, 0.6) is 5.75 Å². The molecule has 0 aromatic heterocycles. The molecule has 1 aliphatic heterocycles. The number of rotatable bonds is 2. The minimum Gasteiger partial charge on any atom is -0.496 e. The number of methoxy groups -OCH3 is 1. The average Bonchev–Trinajstić information content (AvgIpc) is 2.49. The molecular weight excluding hydrogens is 323 g/mol. The lowest BCUT2D eigenvalue weighted by atomic mass is 9.62. The van der Waals surface area contributed by atoms with E-state index in [1.54, 1.807) is 17.9 Å². The minimum atomic E-state index is -0.557. The van der Waals surface area contributed by atoms with Crippen molar-refractivity contribution in [1.82, 2.24) is 4.90 Å². The maximum Gasteiger partial charge on any atom is 0.257 e. The normalized spacial score (nSPS) is 20.9. The second-order valence-corrected chi connectivity index (χ2v) is 7.81. The molecule has 1 aromatic rings. The van der Waals surface area contributed by atoms with Gasteiger partial charge < -0.3 is 15.4 Å². The monoisotopic (exact) mass is 346 g/mol. The maximum absolute atomic E-state index is 14.2. The summed E-state index contributed by atoms with van der Waals surface area (Å²) in [5.41, 5.74) is 5.92. The molecule has 1 amide bonds. The zero-order valence-electron chi connectivity index (χ0n) is 15.0. The number of benzene rings is 1. The Morgan fingerprint density at radius 1 is 1.32 bits per heavy atom. The zero-order chi connectivity index (χ0) is 18.6. The molecule has 5 nitrogen and oxygen atoms in total. The Kier molecular flexibility index (Phi) is 3.89. The van der Waals surface area contributed by atoms with E-state index in [-0.39, 0.29) is 28.4 Å². The third-order valence-corrected chi connectivity index (χ3v) is 5.15. The van der Waals surface area contributed by atoms with Crippen molar-refractivity contribution in [3.8, 4) is 5.75 Å². The van der Waals surface area contributed by atoms with Gasteiger partial charge in [-0.15, -0.1) is 0 Å². The first-order valence-electron chi connectivity index (χ1n) is 8.25. The van der Waals surface area contributed by atoms with Crippen LogP contribution in [0.3, 0.4) is 0 Å². The highest BCUT2D eigenvalue weighted by molar-refractivity contribution is 6.00. The van der Waals surface area contributed by atoms with Gasteiger partial charge in [-0.3, -0.25) is 9.59 Å². The predicted octanol–water partition coefficient (Wildman–Crippen LogP) is 2.43. The summed E-state index contributed by atoms with van der Waals surface area (Å²) in [6, 6.07) is 2.75. The molecule has 1 heterocycles. The molecule has 0 unspecified atom stereocenters. The number of Topliss-reactive ketones (excluding diaryl/α,β-unsaturated/α-hetero) is 1. The fourth-order valence-corrected chi connectivity index (χ4v) is 4.07. The number of ether oxygens (including phenoxy) is 1. The quantitative estimate of drug-likeness (QED) is 0.893. The number of carbonyl (C=O) groups is 2. The van der Waals surface area contributed by atoms with Crippen molar-refractivity contribution in [3.05, 3.63) is 40.8 Å². The molecule has 0 saturated carbocycles. The highest BCUT2D eigenvalue weighted by Gasteiger charge is 2.52. The molecule has 1 spiro atoms. The van der Waals surface area contributed by atoms with Gasteiger partial charge in [0, 0.05) is 23.9 Å². The van der Waals surface area contributed by atoms with E-state index in [2.05, 4.69) is 0 Å². The van der Waals surface area contributed by atoms with E-state index in [1.165, 1.54) is 19.2 Å². The molecule has 25 heavy (non-hydrogen) atoms. The van der Waals surface area contributed by atoms with Gasteiger partial charge in [0.15, 0.2) is 5.78 Å². The molecule has 1 aliphatic carbocycles. The zero-order valence-corrected chi connectivity index (χ0v) is 15.0. The first-order chi connectivity index (χ1) is 11.6. The van der Waals surface area contributed by atoms with Gasteiger partial charge in [-0.2, -0.15) is 0 Å². The van der Waals surface area contributed by atoms with Crippen LogP contribution in [-0.2, 0) is 4.79 Å². The van der Waals surface area contributed by atoms with Crippen LogP contribution in [0.1, 0.15) is 36.2 Å². The molecule has 0 radical (unpaired) electrons. The highest BCUT2D eigenvalue weighted by Crippen LogP contribution is 2.47. The molecule has 134 valence electrons. The lowest BCUT2D eigenvalue weighted by Crippen LogP contribution is -2.61. The third kappa shape index (κ3) is 2.79. The number of hydrogen-bond acceptors (Lipinski definition) is 4. The molecule has 2 N–H and O–H groups in total. The fourth-order valence-electron chi connectivity index (χ4n) is 4.07. The third-order valence-electron chi connectivity index (χ3n) is 5.15. The molecule has 3 rings (SSSR count). The Morgan fingerprint density at radius 2 is 1.96 bits per heavy atom. The summed E-state index contributed by atoms with van der Waals surface area (Å²) in [5.74, 6) is -0.507. The van der Waals surface area contributed by atoms with E-state index in [0.29, 0.717) is 30.8 Å². The van der Waals surface area contributed by atoms with Crippen LogP contribution in [0.15, 0.2) is 23.9 Å². The van der Waals surface area contributed by atoms with Gasteiger partial charge in [0.2, 0.25) is 0 Å². The Balaban J connectivity index is 1.82. The number of likely N-dealkylation sites (tertiary alicyclic amines) is 1. The van der Waals surface area contributed by atoms with Crippen molar-refractivity contribution in [2.45, 2.75) is 27.2 Å². The summed E-state index contributed by atoms with van der Waals surface area (Å²) in [6.07, 6.45) is 2.40. The van der Waals surface area contributed by atoms with Crippen molar-refractivity contribution in [3.63, 3.8) is 0 Å². The summed E-state index contributed by atoms with van der Waals surface area (Å²) in [7, 11) is 1.49. The van der Waals surface area contributed by atoms with Crippen LogP contribution in [0.25, 0.3) is 0 Å². The predicted molar refractivity (Wildman–Crippen MR) is 91.7 cm³/mol. The van der Waals surface area contributed by atoms with Crippen LogP contribution in [0, 0.1) is 23.6 Å². The summed E-state index contributed by atoms with van der Waals surface area (Å²) >= 11 is 0. The van der Waals surface area contributed by atoms with Gasteiger partial charge in [0.05, 0.1) is 18.4 Å². The lowest BCUT2D eigenvalue weighted by molar-refractivity contribution is -0.127. The van der Waals surface area contributed by atoms with Crippen LogP contribution in [-0.4, -0.2) is 36.8 Å². The number of carbonyl (C=O) groups excluding carboxylic acids is 2. The van der Waals surface area contributed by atoms with Crippen LogP contribution in [0.4, 0.5) is 4.39 Å². The number of hydrogen-bond donors (Lipinski definition) is 1. The largest absolute Gasteiger partial charge is 0.496 e. The molecule has 2 aliphatic rings. The highest BCUT2D eigenvalue weighted by atomic mass is 19.1. The SMILES string of the molecule is COc1cc(C(=O)N2CC3(C=C(N)C(=O)C(C)(C)C3)C2)c(F)cc1C. The Hall–Kier alpha value is -2.37. The Labute approximate surface area is 146 Å². The molecule has 0 bridgehead atoms. The van der Waals surface area contributed by atoms with E-state index in [9.17, 15) is 14.0 Å². The molecule has 0 atom stereocenters. The Morgan fingerprint density at radius 3 is 2.52 bits per heavy atom. The van der Waals surface area contributed by atoms with E-state index in [4.69, 9.17) is 10.5 Å². The second-order valence-electron chi connectivity index (χ2n) is 7.81. The smallest absolute Gasteiger partial charge is 0.257 e. The number of allylic oxidation sites excluding steroid dienone is 1. The summed E-state index contributed by atoms with van der Waals surface area (Å²) < 4.78 is 19.4. The molecule has 1 saturated heterocycles. The second kappa shape index (κ2) is 5.58. The lowest BCUT2D eigenvalue weighted by Gasteiger charge is -2.53. The van der Waals surface area contributed by atoms with Crippen molar-refractivity contribution < 1.29 is 18.7 Å². The molecule has 6 heteroatoms. The molecular formula is C19H23FN2O3. The van der Waals surface area contributed by atoms with Gasteiger partial charge in [-0.25, -0.2) is 4.39 Å². The van der Waals surface area contributed by atoms with Crippen molar-refractivity contribution in [2.75, 3.05) is 20.2 Å².